The molecule has 2 nitrogen and oxygen atoms in total. The predicted molar refractivity (Wildman–Crippen MR) is 85.8 cm³/mol. The number of aliphatic hydroxyl groups is 1. The van der Waals surface area contributed by atoms with Gasteiger partial charge in [0.05, 0.1) is 6.10 Å². The number of aliphatic hydroxyl groups excluding tert-OH is 1. The maximum atomic E-state index is 11.3. The molecule has 20 heavy (non-hydrogen) atoms. The normalized spacial score (nSPS) is 40.8. The minimum atomic E-state index is -0.134. The Kier molecular flexibility index (Phi) is 5.53. The van der Waals surface area contributed by atoms with E-state index in [2.05, 4.69) is 32.8 Å². The van der Waals surface area contributed by atoms with Crippen LogP contribution in [0.1, 0.15) is 71.6 Å². The fourth-order valence-corrected chi connectivity index (χ4v) is 5.06. The summed E-state index contributed by atoms with van der Waals surface area (Å²) < 4.78 is 0. The quantitative estimate of drug-likeness (QED) is 0.839. The molecule has 2 fully saturated rings. The third kappa shape index (κ3) is 3.06. The Bertz CT molecular complexity index is 304. The van der Waals surface area contributed by atoms with E-state index in [0.717, 1.165) is 11.8 Å². The lowest BCUT2D eigenvalue weighted by Gasteiger charge is -2.52. The first kappa shape index (κ1) is 16.3. The summed E-state index contributed by atoms with van der Waals surface area (Å²) in [5.74, 6) is 2.03. The monoisotopic (exact) mass is 281 g/mol. The molecule has 0 saturated heterocycles. The van der Waals surface area contributed by atoms with Gasteiger partial charge in [-0.25, -0.2) is 0 Å². The SMILES string of the molecule is CCC1CCCCC1C(O)C1(N(C)C)CCCC(C)C1. The Morgan fingerprint density at radius 3 is 2.45 bits per heavy atom. The molecule has 0 aromatic heterocycles. The smallest absolute Gasteiger partial charge is 0.0754 e. The number of hydrogen-bond donors (Lipinski definition) is 1. The van der Waals surface area contributed by atoms with Gasteiger partial charge >= 0.3 is 0 Å². The second-order valence-electron chi connectivity index (χ2n) is 7.76. The summed E-state index contributed by atoms with van der Waals surface area (Å²) in [5, 5.41) is 11.3. The fourth-order valence-electron chi connectivity index (χ4n) is 5.06. The summed E-state index contributed by atoms with van der Waals surface area (Å²) in [6, 6.07) is 0. The summed E-state index contributed by atoms with van der Waals surface area (Å²) >= 11 is 0. The van der Waals surface area contributed by atoms with Crippen molar-refractivity contribution in [1.29, 1.82) is 0 Å². The van der Waals surface area contributed by atoms with Gasteiger partial charge in [0.25, 0.3) is 0 Å². The minimum absolute atomic E-state index is 0.0348. The van der Waals surface area contributed by atoms with E-state index < -0.39 is 0 Å². The predicted octanol–water partition coefficient (Wildman–Crippen LogP) is 4.07. The van der Waals surface area contributed by atoms with Crippen molar-refractivity contribution in [1.82, 2.24) is 4.90 Å². The summed E-state index contributed by atoms with van der Waals surface area (Å²) in [6.07, 6.45) is 11.3. The summed E-state index contributed by atoms with van der Waals surface area (Å²) in [6.45, 7) is 4.67. The van der Waals surface area contributed by atoms with Crippen molar-refractivity contribution in [2.45, 2.75) is 83.3 Å². The lowest BCUT2D eigenvalue weighted by Crippen LogP contribution is -2.59. The van der Waals surface area contributed by atoms with Crippen molar-refractivity contribution in [2.24, 2.45) is 17.8 Å². The second kappa shape index (κ2) is 6.79. The van der Waals surface area contributed by atoms with E-state index in [9.17, 15) is 5.11 Å². The molecule has 0 aromatic carbocycles. The summed E-state index contributed by atoms with van der Waals surface area (Å²) in [4.78, 5) is 2.36. The van der Waals surface area contributed by atoms with Crippen LogP contribution in [0.15, 0.2) is 0 Å². The van der Waals surface area contributed by atoms with Crippen LogP contribution in [-0.4, -0.2) is 35.7 Å². The summed E-state index contributed by atoms with van der Waals surface area (Å²) in [5.41, 5.74) is 0.0348. The van der Waals surface area contributed by atoms with E-state index in [1.807, 2.05) is 0 Å². The third-order valence-electron chi connectivity index (χ3n) is 6.35. The average molecular weight is 281 g/mol. The number of likely N-dealkylation sites (N-methyl/N-ethyl adjacent to an activating group) is 1. The fraction of sp³-hybridized carbons (Fsp3) is 1.00. The molecule has 2 saturated carbocycles. The van der Waals surface area contributed by atoms with Crippen LogP contribution in [0.5, 0.6) is 0 Å². The molecule has 0 amide bonds. The lowest BCUT2D eigenvalue weighted by molar-refractivity contribution is -0.0916. The molecule has 0 radical (unpaired) electrons. The van der Waals surface area contributed by atoms with Gasteiger partial charge in [-0.1, -0.05) is 52.4 Å². The molecule has 2 aliphatic carbocycles. The van der Waals surface area contributed by atoms with Gasteiger partial charge in [-0.2, -0.15) is 0 Å². The minimum Gasteiger partial charge on any atom is -0.391 e. The van der Waals surface area contributed by atoms with Gasteiger partial charge in [0.1, 0.15) is 0 Å². The van der Waals surface area contributed by atoms with Gasteiger partial charge in [0, 0.05) is 5.54 Å². The molecule has 2 heteroatoms. The molecule has 0 heterocycles. The largest absolute Gasteiger partial charge is 0.391 e. The van der Waals surface area contributed by atoms with Crippen molar-refractivity contribution < 1.29 is 5.11 Å². The van der Waals surface area contributed by atoms with Gasteiger partial charge in [-0.05, 0) is 51.1 Å². The highest BCUT2D eigenvalue weighted by Gasteiger charge is 2.47. The first-order chi connectivity index (χ1) is 9.51. The maximum absolute atomic E-state index is 11.3. The molecule has 2 rings (SSSR count). The zero-order chi connectivity index (χ0) is 14.8. The molecule has 5 atom stereocenters. The Morgan fingerprint density at radius 1 is 1.15 bits per heavy atom. The number of nitrogens with zero attached hydrogens (tertiary/aromatic N) is 1. The Morgan fingerprint density at radius 2 is 1.85 bits per heavy atom. The van der Waals surface area contributed by atoms with Crippen LogP contribution in [0, 0.1) is 17.8 Å². The third-order valence-corrected chi connectivity index (χ3v) is 6.35. The van der Waals surface area contributed by atoms with Crippen LogP contribution in [-0.2, 0) is 0 Å². The first-order valence-corrected chi connectivity index (χ1v) is 8.86. The number of rotatable bonds is 4. The highest BCUT2D eigenvalue weighted by molar-refractivity contribution is 5.02. The lowest BCUT2D eigenvalue weighted by atomic mass is 9.64. The molecule has 0 aromatic rings. The first-order valence-electron chi connectivity index (χ1n) is 8.86. The van der Waals surface area contributed by atoms with Crippen LogP contribution in [0.2, 0.25) is 0 Å². The van der Waals surface area contributed by atoms with E-state index in [1.54, 1.807) is 0 Å². The molecule has 118 valence electrons. The molecule has 0 bridgehead atoms. The van der Waals surface area contributed by atoms with Gasteiger partial charge in [0.2, 0.25) is 0 Å². The van der Waals surface area contributed by atoms with Crippen molar-refractivity contribution in [3.63, 3.8) is 0 Å². The Balaban J connectivity index is 2.19. The maximum Gasteiger partial charge on any atom is 0.0754 e. The molecule has 0 aliphatic heterocycles. The second-order valence-corrected chi connectivity index (χ2v) is 7.76. The van der Waals surface area contributed by atoms with E-state index in [-0.39, 0.29) is 11.6 Å². The van der Waals surface area contributed by atoms with Crippen LogP contribution < -0.4 is 0 Å². The van der Waals surface area contributed by atoms with Crippen LogP contribution in [0.4, 0.5) is 0 Å². The number of hydrogen-bond acceptors (Lipinski definition) is 2. The van der Waals surface area contributed by atoms with E-state index in [0.29, 0.717) is 5.92 Å². The van der Waals surface area contributed by atoms with E-state index in [4.69, 9.17) is 0 Å². The van der Waals surface area contributed by atoms with Crippen LogP contribution in [0.25, 0.3) is 0 Å². The van der Waals surface area contributed by atoms with Crippen molar-refractivity contribution >= 4 is 0 Å². The molecule has 5 unspecified atom stereocenters. The Labute approximate surface area is 125 Å². The van der Waals surface area contributed by atoms with Crippen molar-refractivity contribution in [3.05, 3.63) is 0 Å². The molecule has 0 spiro atoms. The average Bonchev–Trinajstić information content (AvgIpc) is 2.46. The molecular weight excluding hydrogens is 246 g/mol. The highest BCUT2D eigenvalue weighted by atomic mass is 16.3. The highest BCUT2D eigenvalue weighted by Crippen LogP contribution is 2.45. The van der Waals surface area contributed by atoms with Gasteiger partial charge in [0.15, 0.2) is 0 Å². The molecule has 2 aliphatic rings. The molecule has 1 N–H and O–H groups in total. The van der Waals surface area contributed by atoms with E-state index in [1.165, 1.54) is 57.8 Å². The Hall–Kier alpha value is -0.0800. The standard InChI is InChI=1S/C18H35NO/c1-5-15-10-6-7-11-16(15)17(20)18(19(3)4)12-8-9-14(2)13-18/h14-17,20H,5-13H2,1-4H3. The van der Waals surface area contributed by atoms with Crippen molar-refractivity contribution in [3.8, 4) is 0 Å². The van der Waals surface area contributed by atoms with Gasteiger partial charge < -0.3 is 10.0 Å². The van der Waals surface area contributed by atoms with Crippen LogP contribution in [0.3, 0.4) is 0 Å². The zero-order valence-corrected chi connectivity index (χ0v) is 14.1. The van der Waals surface area contributed by atoms with Crippen molar-refractivity contribution in [2.75, 3.05) is 14.1 Å². The van der Waals surface area contributed by atoms with Crippen LogP contribution >= 0.6 is 0 Å². The van der Waals surface area contributed by atoms with Gasteiger partial charge in [-0.15, -0.1) is 0 Å². The van der Waals surface area contributed by atoms with Gasteiger partial charge in [-0.3, -0.25) is 0 Å². The summed E-state index contributed by atoms with van der Waals surface area (Å²) in [7, 11) is 4.37. The zero-order valence-electron chi connectivity index (χ0n) is 14.1. The molecular formula is C18H35NO. The van der Waals surface area contributed by atoms with E-state index >= 15 is 0 Å². The topological polar surface area (TPSA) is 23.5 Å².